The first-order valence-electron chi connectivity index (χ1n) is 10.9. The number of methoxy groups -OCH3 is 1. The van der Waals surface area contributed by atoms with Crippen molar-refractivity contribution in [1.29, 1.82) is 0 Å². The second kappa shape index (κ2) is 11.1. The van der Waals surface area contributed by atoms with Crippen LogP contribution in [0.3, 0.4) is 0 Å². The van der Waals surface area contributed by atoms with Crippen molar-refractivity contribution in [2.24, 2.45) is 5.92 Å². The van der Waals surface area contributed by atoms with E-state index in [2.05, 4.69) is 14.7 Å². The monoisotopic (exact) mass is 498 g/mol. The third-order valence-corrected chi connectivity index (χ3v) is 7.66. The summed E-state index contributed by atoms with van der Waals surface area (Å²) in [4.78, 5) is 13.9. The Bertz CT molecular complexity index is 976. The van der Waals surface area contributed by atoms with Crippen molar-refractivity contribution < 1.29 is 9.47 Å². The van der Waals surface area contributed by atoms with E-state index >= 15 is 0 Å². The molecule has 1 atom stereocenters. The van der Waals surface area contributed by atoms with Crippen LogP contribution in [0.2, 0.25) is 10.0 Å². The van der Waals surface area contributed by atoms with Gasteiger partial charge >= 0.3 is 0 Å². The summed E-state index contributed by atoms with van der Waals surface area (Å²) >= 11 is 14.1. The number of hydrogen-bond donors (Lipinski definition) is 1. The van der Waals surface area contributed by atoms with Gasteiger partial charge in [0.1, 0.15) is 10.8 Å². The molecular formula is C22H28Cl2N4O3S. The van der Waals surface area contributed by atoms with E-state index in [-0.39, 0.29) is 16.6 Å². The van der Waals surface area contributed by atoms with E-state index in [1.807, 2.05) is 18.2 Å². The second-order valence-corrected chi connectivity index (χ2v) is 10.1. The number of piperidine rings is 1. The molecule has 0 bridgehead atoms. The van der Waals surface area contributed by atoms with Crippen LogP contribution in [0.25, 0.3) is 0 Å². The zero-order valence-electron chi connectivity index (χ0n) is 18.1. The van der Waals surface area contributed by atoms with E-state index in [0.29, 0.717) is 16.6 Å². The Kier molecular flexibility index (Phi) is 8.23. The predicted molar refractivity (Wildman–Crippen MR) is 129 cm³/mol. The van der Waals surface area contributed by atoms with Crippen LogP contribution in [-0.2, 0) is 4.74 Å². The highest BCUT2D eigenvalue weighted by Gasteiger charge is 2.25. The van der Waals surface area contributed by atoms with E-state index in [4.69, 9.17) is 32.7 Å². The minimum absolute atomic E-state index is 0.0322. The van der Waals surface area contributed by atoms with Crippen molar-refractivity contribution in [3.05, 3.63) is 44.8 Å². The molecule has 4 rings (SSSR count). The second-order valence-electron chi connectivity index (χ2n) is 8.13. The van der Waals surface area contributed by atoms with Crippen LogP contribution in [0, 0.1) is 5.92 Å². The van der Waals surface area contributed by atoms with Gasteiger partial charge in [0, 0.05) is 31.3 Å². The van der Waals surface area contributed by atoms with Gasteiger partial charge in [-0.15, -0.1) is 0 Å². The molecule has 7 nitrogen and oxygen atoms in total. The van der Waals surface area contributed by atoms with Gasteiger partial charge < -0.3 is 14.8 Å². The maximum absolute atomic E-state index is 12.9. The fourth-order valence-corrected chi connectivity index (χ4v) is 5.48. The molecule has 0 aliphatic carbocycles. The Balaban J connectivity index is 1.35. The molecule has 0 spiro atoms. The van der Waals surface area contributed by atoms with Crippen molar-refractivity contribution in [3.63, 3.8) is 0 Å². The molecule has 0 saturated carbocycles. The SMILES string of the molecule is COc1cc(Cl)ccc1SN1CCC(n2ncc(NCC3CCCOC3)c(Cl)c2=O)CC1. The molecule has 174 valence electrons. The highest BCUT2D eigenvalue weighted by atomic mass is 35.5. The maximum atomic E-state index is 12.9. The molecule has 0 radical (unpaired) electrons. The Morgan fingerprint density at radius 2 is 2.09 bits per heavy atom. The van der Waals surface area contributed by atoms with Crippen LogP contribution in [0.1, 0.15) is 31.7 Å². The quantitative estimate of drug-likeness (QED) is 0.552. The predicted octanol–water partition coefficient (Wildman–Crippen LogP) is 4.74. The highest BCUT2D eigenvalue weighted by molar-refractivity contribution is 7.97. The van der Waals surface area contributed by atoms with E-state index in [1.165, 1.54) is 0 Å². The van der Waals surface area contributed by atoms with Gasteiger partial charge in [0.15, 0.2) is 0 Å². The topological polar surface area (TPSA) is 68.6 Å². The molecule has 2 aliphatic heterocycles. The molecule has 1 unspecified atom stereocenters. The smallest absolute Gasteiger partial charge is 0.287 e. The molecule has 2 aliphatic rings. The average molecular weight is 499 g/mol. The number of anilines is 1. The molecule has 0 amide bonds. The summed E-state index contributed by atoms with van der Waals surface area (Å²) in [5.74, 6) is 1.19. The fourth-order valence-electron chi connectivity index (χ4n) is 4.08. The van der Waals surface area contributed by atoms with Gasteiger partial charge in [0.05, 0.1) is 36.5 Å². The molecule has 10 heteroatoms. The highest BCUT2D eigenvalue weighted by Crippen LogP contribution is 2.36. The maximum Gasteiger partial charge on any atom is 0.287 e. The van der Waals surface area contributed by atoms with Gasteiger partial charge in [0.2, 0.25) is 0 Å². The Morgan fingerprint density at radius 1 is 1.28 bits per heavy atom. The summed E-state index contributed by atoms with van der Waals surface area (Å²) in [5.41, 5.74) is 0.364. The number of rotatable bonds is 7. The van der Waals surface area contributed by atoms with Gasteiger partial charge in [-0.1, -0.05) is 23.2 Å². The molecule has 1 aromatic heterocycles. The molecule has 2 fully saturated rings. The van der Waals surface area contributed by atoms with Crippen LogP contribution >= 0.6 is 35.1 Å². The van der Waals surface area contributed by atoms with E-state index in [1.54, 1.807) is 29.9 Å². The summed E-state index contributed by atoms with van der Waals surface area (Å²) in [6.45, 7) is 3.96. The summed E-state index contributed by atoms with van der Waals surface area (Å²) in [6, 6.07) is 5.68. The number of nitrogens with one attached hydrogen (secondary N) is 1. The van der Waals surface area contributed by atoms with Gasteiger partial charge in [0.25, 0.3) is 5.56 Å². The Morgan fingerprint density at radius 3 is 2.81 bits per heavy atom. The van der Waals surface area contributed by atoms with Gasteiger partial charge in [-0.2, -0.15) is 5.10 Å². The lowest BCUT2D eigenvalue weighted by molar-refractivity contribution is 0.0595. The van der Waals surface area contributed by atoms with Crippen molar-refractivity contribution in [2.75, 3.05) is 45.3 Å². The van der Waals surface area contributed by atoms with Crippen LogP contribution in [0.5, 0.6) is 5.75 Å². The van der Waals surface area contributed by atoms with Gasteiger partial charge in [-0.25, -0.2) is 8.99 Å². The lowest BCUT2D eigenvalue weighted by Gasteiger charge is -2.31. The zero-order valence-corrected chi connectivity index (χ0v) is 20.4. The first-order chi connectivity index (χ1) is 15.5. The van der Waals surface area contributed by atoms with Gasteiger partial charge in [-0.05, 0) is 61.7 Å². The Hall–Kier alpha value is -1.45. The van der Waals surface area contributed by atoms with E-state index < -0.39 is 0 Å². The third-order valence-electron chi connectivity index (χ3n) is 5.90. The number of aromatic nitrogens is 2. The molecule has 32 heavy (non-hydrogen) atoms. The lowest BCUT2D eigenvalue weighted by Crippen LogP contribution is -2.36. The first-order valence-corrected chi connectivity index (χ1v) is 12.4. The van der Waals surface area contributed by atoms with E-state index in [0.717, 1.165) is 69.2 Å². The van der Waals surface area contributed by atoms with Crippen LogP contribution in [-0.4, -0.2) is 54.0 Å². The van der Waals surface area contributed by atoms with Crippen LogP contribution in [0.4, 0.5) is 5.69 Å². The van der Waals surface area contributed by atoms with Crippen molar-refractivity contribution in [1.82, 2.24) is 14.1 Å². The number of hydrogen-bond acceptors (Lipinski definition) is 7. The number of halogens is 2. The van der Waals surface area contributed by atoms with Gasteiger partial charge in [-0.3, -0.25) is 4.79 Å². The lowest BCUT2D eigenvalue weighted by atomic mass is 10.0. The molecule has 1 N–H and O–H groups in total. The van der Waals surface area contributed by atoms with Crippen molar-refractivity contribution >= 4 is 40.8 Å². The number of nitrogens with zero attached hydrogens (tertiary/aromatic N) is 3. The largest absolute Gasteiger partial charge is 0.495 e. The minimum Gasteiger partial charge on any atom is -0.495 e. The number of benzene rings is 1. The van der Waals surface area contributed by atoms with Crippen molar-refractivity contribution in [2.45, 2.75) is 36.6 Å². The summed E-state index contributed by atoms with van der Waals surface area (Å²) in [6.07, 6.45) is 5.50. The molecule has 2 saturated heterocycles. The standard InChI is InChI=1S/C22H28Cl2N4O3S/c1-30-19-11-16(23)4-5-20(19)32-27-8-6-17(7-9-27)28-22(29)21(24)18(13-26-28)25-12-15-3-2-10-31-14-15/h4-5,11,13,15,17,25H,2-3,6-10,12,14H2,1H3. The summed E-state index contributed by atoms with van der Waals surface area (Å²) in [7, 11) is 1.64. The van der Waals surface area contributed by atoms with E-state index in [9.17, 15) is 4.79 Å². The molecule has 2 aromatic rings. The summed E-state index contributed by atoms with van der Waals surface area (Å²) < 4.78 is 14.8. The fraction of sp³-hybridized carbons (Fsp3) is 0.545. The molecular weight excluding hydrogens is 471 g/mol. The van der Waals surface area contributed by atoms with Crippen LogP contribution in [0.15, 0.2) is 34.1 Å². The first kappa shape index (κ1) is 23.7. The minimum atomic E-state index is -0.234. The molecule has 1 aromatic carbocycles. The third kappa shape index (κ3) is 5.72. The normalized spacial score (nSPS) is 20.3. The Labute approximate surface area is 202 Å². The molecule has 3 heterocycles. The zero-order chi connectivity index (χ0) is 22.5. The average Bonchev–Trinajstić information content (AvgIpc) is 2.82. The summed E-state index contributed by atoms with van der Waals surface area (Å²) in [5, 5.41) is 8.58. The van der Waals surface area contributed by atoms with Crippen molar-refractivity contribution in [3.8, 4) is 5.75 Å². The van der Waals surface area contributed by atoms with Crippen LogP contribution < -0.4 is 15.6 Å². The number of ether oxygens (including phenoxy) is 2.